The molecule has 3 heterocycles. The molecule has 0 saturated heterocycles. The molecule has 7 nitrogen and oxygen atoms in total. The van der Waals surface area contributed by atoms with E-state index in [1.165, 1.54) is 5.56 Å². The van der Waals surface area contributed by atoms with Crippen LogP contribution < -0.4 is 0 Å². The van der Waals surface area contributed by atoms with E-state index in [9.17, 15) is 9.90 Å². The smallest absolute Gasteiger partial charge is 0.338 e. The molecule has 2 aromatic heterocycles. The number of fused-ring (bicyclic) bond motifs is 1. The Labute approximate surface area is 180 Å². The summed E-state index contributed by atoms with van der Waals surface area (Å²) in [6.45, 7) is 0. The van der Waals surface area contributed by atoms with E-state index in [2.05, 4.69) is 27.2 Å². The van der Waals surface area contributed by atoms with Crippen molar-refractivity contribution >= 4 is 11.7 Å². The van der Waals surface area contributed by atoms with Gasteiger partial charge in [-0.1, -0.05) is 43.2 Å². The number of benzene rings is 1. The van der Waals surface area contributed by atoms with Crippen molar-refractivity contribution in [2.24, 2.45) is 5.92 Å². The quantitative estimate of drug-likeness (QED) is 0.609. The lowest BCUT2D eigenvalue weighted by Crippen LogP contribution is -2.46. The summed E-state index contributed by atoms with van der Waals surface area (Å²) >= 11 is 0. The first-order valence-corrected chi connectivity index (χ1v) is 11.0. The number of esters is 1. The topological polar surface area (TPSA) is 89.6 Å². The van der Waals surface area contributed by atoms with Gasteiger partial charge in [0.1, 0.15) is 11.4 Å². The number of cyclic esters (lactones) is 1. The number of aromatic nitrogens is 4. The highest BCUT2D eigenvalue weighted by molar-refractivity contribution is 5.90. The first kappa shape index (κ1) is 19.7. The number of aliphatic hydroxyl groups is 1. The fraction of sp³-hybridized carbons (Fsp3) is 0.417. The molecule has 2 aliphatic rings. The minimum Gasteiger partial charge on any atom is -0.512 e. The first-order valence-electron chi connectivity index (χ1n) is 11.0. The van der Waals surface area contributed by atoms with Gasteiger partial charge in [0.15, 0.2) is 5.82 Å². The van der Waals surface area contributed by atoms with Crippen LogP contribution in [0.25, 0.3) is 5.78 Å². The molecule has 1 atom stereocenters. The lowest BCUT2D eigenvalue weighted by molar-refractivity contribution is -0.167. The zero-order valence-corrected chi connectivity index (χ0v) is 17.4. The van der Waals surface area contributed by atoms with Crippen LogP contribution in [0.15, 0.2) is 60.1 Å². The minimum atomic E-state index is -0.648. The maximum absolute atomic E-state index is 13.1. The van der Waals surface area contributed by atoms with Crippen molar-refractivity contribution in [2.45, 2.75) is 57.0 Å². The van der Waals surface area contributed by atoms with E-state index in [0.29, 0.717) is 24.4 Å². The molecule has 0 radical (unpaired) electrons. The van der Waals surface area contributed by atoms with Gasteiger partial charge in [0, 0.05) is 25.2 Å². The van der Waals surface area contributed by atoms with E-state index in [1.54, 1.807) is 23.0 Å². The van der Waals surface area contributed by atoms with E-state index in [-0.39, 0.29) is 23.7 Å². The van der Waals surface area contributed by atoms with E-state index in [1.807, 2.05) is 18.2 Å². The second-order valence-corrected chi connectivity index (χ2v) is 8.59. The fourth-order valence-corrected chi connectivity index (χ4v) is 5.00. The highest BCUT2D eigenvalue weighted by Crippen LogP contribution is 2.45. The highest BCUT2D eigenvalue weighted by atomic mass is 16.6. The summed E-state index contributed by atoms with van der Waals surface area (Å²) < 4.78 is 7.73. The van der Waals surface area contributed by atoms with Crippen LogP contribution in [0.1, 0.15) is 49.9 Å². The maximum Gasteiger partial charge on any atom is 0.338 e. The molecule has 1 aliphatic carbocycles. The Morgan fingerprint density at radius 1 is 1.16 bits per heavy atom. The maximum atomic E-state index is 13.1. The van der Waals surface area contributed by atoms with Crippen molar-refractivity contribution in [1.29, 1.82) is 0 Å². The third-order valence-corrected chi connectivity index (χ3v) is 6.63. The highest BCUT2D eigenvalue weighted by Gasteiger charge is 2.48. The van der Waals surface area contributed by atoms with E-state index < -0.39 is 11.6 Å². The zero-order valence-electron chi connectivity index (χ0n) is 17.4. The minimum absolute atomic E-state index is 0.114. The lowest BCUT2D eigenvalue weighted by atomic mass is 9.76. The number of hydrogen-bond acceptors (Lipinski definition) is 6. The van der Waals surface area contributed by atoms with Crippen molar-refractivity contribution < 1.29 is 14.6 Å². The second kappa shape index (κ2) is 8.13. The molecule has 1 aliphatic heterocycles. The largest absolute Gasteiger partial charge is 0.512 e. The van der Waals surface area contributed by atoms with Gasteiger partial charge >= 0.3 is 5.97 Å². The molecule has 0 bridgehead atoms. The Morgan fingerprint density at radius 2 is 1.97 bits per heavy atom. The average molecular weight is 418 g/mol. The Kier molecular flexibility index (Phi) is 5.18. The Morgan fingerprint density at radius 3 is 2.71 bits per heavy atom. The molecular weight excluding hydrogens is 392 g/mol. The van der Waals surface area contributed by atoms with Crippen molar-refractivity contribution in [3.05, 3.63) is 71.5 Å². The third-order valence-electron chi connectivity index (χ3n) is 6.63. The molecule has 0 amide bonds. The van der Waals surface area contributed by atoms with Gasteiger partial charge in [0.05, 0.1) is 5.57 Å². The molecular formula is C24H26N4O3. The van der Waals surface area contributed by atoms with Crippen LogP contribution in [0.3, 0.4) is 0 Å². The molecule has 1 saturated carbocycles. The normalized spacial score (nSPS) is 22.3. The number of hydrogen-bond donors (Lipinski definition) is 1. The molecule has 1 aromatic carbocycles. The number of carbonyl (C=O) groups excluding carboxylic acids is 1. The van der Waals surface area contributed by atoms with Crippen LogP contribution in [0.5, 0.6) is 0 Å². The van der Waals surface area contributed by atoms with Crippen LogP contribution in [-0.4, -0.2) is 36.3 Å². The summed E-state index contributed by atoms with van der Waals surface area (Å²) in [6.07, 6.45) is 9.76. The van der Waals surface area contributed by atoms with Crippen molar-refractivity contribution in [3.8, 4) is 0 Å². The number of aryl methyl sites for hydroxylation is 1. The Bertz CT molecular complexity index is 1090. The van der Waals surface area contributed by atoms with Gasteiger partial charge in [-0.05, 0) is 43.2 Å². The fourth-order valence-electron chi connectivity index (χ4n) is 5.00. The van der Waals surface area contributed by atoms with E-state index >= 15 is 0 Å². The molecule has 160 valence electrons. The van der Waals surface area contributed by atoms with Crippen molar-refractivity contribution in [2.75, 3.05) is 0 Å². The Balaban J connectivity index is 1.40. The zero-order chi connectivity index (χ0) is 21.3. The molecule has 1 N–H and O–H groups in total. The number of rotatable bonds is 6. The molecule has 31 heavy (non-hydrogen) atoms. The number of nitrogens with zero attached hydrogens (tertiary/aromatic N) is 4. The van der Waals surface area contributed by atoms with Crippen LogP contribution in [0, 0.1) is 5.92 Å². The number of ether oxygens (including phenoxy) is 1. The Hall–Kier alpha value is -3.22. The van der Waals surface area contributed by atoms with Gasteiger partial charge in [-0.3, -0.25) is 0 Å². The second-order valence-electron chi connectivity index (χ2n) is 8.59. The van der Waals surface area contributed by atoms with Crippen LogP contribution >= 0.6 is 0 Å². The monoisotopic (exact) mass is 418 g/mol. The SMILES string of the molecule is O=C1OC(CCc2ccccc2)(C2CCCC2)CC(O)=C1Cc1nc2ncccn2n1. The van der Waals surface area contributed by atoms with Gasteiger partial charge in [-0.2, -0.15) is 4.98 Å². The number of carbonyl (C=O) groups is 1. The predicted octanol–water partition coefficient (Wildman–Crippen LogP) is 3.99. The molecule has 7 heteroatoms. The van der Waals surface area contributed by atoms with Gasteiger partial charge < -0.3 is 9.84 Å². The molecule has 0 spiro atoms. The van der Waals surface area contributed by atoms with Crippen LogP contribution in [-0.2, 0) is 22.4 Å². The molecule has 5 rings (SSSR count). The van der Waals surface area contributed by atoms with Gasteiger partial charge in [0.2, 0.25) is 0 Å². The lowest BCUT2D eigenvalue weighted by Gasteiger charge is -2.41. The molecule has 1 unspecified atom stereocenters. The molecule has 1 fully saturated rings. The van der Waals surface area contributed by atoms with Gasteiger partial charge in [-0.25, -0.2) is 14.3 Å². The first-order chi connectivity index (χ1) is 15.1. The average Bonchev–Trinajstić information content (AvgIpc) is 3.46. The standard InChI is InChI=1S/C24H26N4O3/c29-20-16-24(18-9-4-5-10-18,12-11-17-7-2-1-3-8-17)31-22(30)19(20)15-21-26-23-25-13-6-14-28(23)27-21/h1-3,6-8,13-14,18,29H,4-5,9-12,15-16H2. The number of aliphatic hydroxyl groups excluding tert-OH is 1. The molecule has 3 aromatic rings. The van der Waals surface area contributed by atoms with Crippen molar-refractivity contribution in [3.63, 3.8) is 0 Å². The van der Waals surface area contributed by atoms with Crippen LogP contribution in [0.4, 0.5) is 0 Å². The third kappa shape index (κ3) is 3.92. The summed E-state index contributed by atoms with van der Waals surface area (Å²) in [4.78, 5) is 21.6. The predicted molar refractivity (Wildman–Crippen MR) is 114 cm³/mol. The van der Waals surface area contributed by atoms with Gasteiger partial charge in [0.25, 0.3) is 5.78 Å². The summed E-state index contributed by atoms with van der Waals surface area (Å²) in [6, 6.07) is 12.0. The van der Waals surface area contributed by atoms with E-state index in [4.69, 9.17) is 4.74 Å². The van der Waals surface area contributed by atoms with Crippen LogP contribution in [0.2, 0.25) is 0 Å². The van der Waals surface area contributed by atoms with Gasteiger partial charge in [-0.15, -0.1) is 5.10 Å². The summed E-state index contributed by atoms with van der Waals surface area (Å²) in [5.74, 6) is 0.847. The summed E-state index contributed by atoms with van der Waals surface area (Å²) in [5.41, 5.74) is 0.820. The van der Waals surface area contributed by atoms with Crippen molar-refractivity contribution in [1.82, 2.24) is 19.6 Å². The van der Waals surface area contributed by atoms with E-state index in [0.717, 1.165) is 32.1 Å². The summed E-state index contributed by atoms with van der Waals surface area (Å²) in [7, 11) is 0. The summed E-state index contributed by atoms with van der Waals surface area (Å²) in [5, 5.41) is 15.3.